The van der Waals surface area contributed by atoms with Crippen LogP contribution >= 0.6 is 11.6 Å². The smallest absolute Gasteiger partial charge is 0.270 e. The number of aryl methyl sites for hydroxylation is 1. The SMILES string of the molecule is Cn1c(C(=O)N2C[C@H]3C[C@@H](n4ccnc4)[C@H](O)C[C@H]3C2)cc2cccc(Cl)c21. The van der Waals surface area contributed by atoms with E-state index in [1.165, 1.54) is 0 Å². The first-order valence-electron chi connectivity index (χ1n) is 9.71. The van der Waals surface area contributed by atoms with E-state index in [2.05, 4.69) is 4.98 Å². The van der Waals surface area contributed by atoms with Crippen LogP contribution in [0, 0.1) is 11.8 Å². The summed E-state index contributed by atoms with van der Waals surface area (Å²) in [4.78, 5) is 19.3. The number of fused-ring (bicyclic) bond motifs is 2. The second-order valence-electron chi connectivity index (χ2n) is 8.11. The molecule has 3 heterocycles. The van der Waals surface area contributed by atoms with E-state index in [0.717, 1.165) is 30.3 Å². The molecular formula is C21H23ClN4O2. The predicted octanol–water partition coefficient (Wildman–Crippen LogP) is 3.11. The summed E-state index contributed by atoms with van der Waals surface area (Å²) >= 11 is 6.34. The number of aliphatic hydroxyl groups is 1. The Kier molecular flexibility index (Phi) is 4.21. The van der Waals surface area contributed by atoms with E-state index < -0.39 is 6.10 Å². The third-order valence-electron chi connectivity index (χ3n) is 6.53. The highest BCUT2D eigenvalue weighted by Gasteiger charge is 2.43. The number of hydrogen-bond donors (Lipinski definition) is 1. The molecule has 146 valence electrons. The second kappa shape index (κ2) is 6.64. The Hall–Kier alpha value is -2.31. The van der Waals surface area contributed by atoms with Crippen molar-refractivity contribution in [1.29, 1.82) is 0 Å². The van der Waals surface area contributed by atoms with Gasteiger partial charge in [0.2, 0.25) is 0 Å². The van der Waals surface area contributed by atoms with Gasteiger partial charge in [0.1, 0.15) is 5.69 Å². The maximum atomic E-state index is 13.3. The number of imidazole rings is 1. The van der Waals surface area contributed by atoms with Gasteiger partial charge in [-0.3, -0.25) is 4.79 Å². The van der Waals surface area contributed by atoms with Crippen molar-refractivity contribution in [2.45, 2.75) is 25.0 Å². The normalized spacial score (nSPS) is 27.3. The number of benzene rings is 1. The molecule has 2 aliphatic rings. The number of carbonyl (C=O) groups is 1. The van der Waals surface area contributed by atoms with Gasteiger partial charge in [-0.25, -0.2) is 4.98 Å². The molecule has 6 nitrogen and oxygen atoms in total. The van der Waals surface area contributed by atoms with Crippen molar-refractivity contribution in [3.63, 3.8) is 0 Å². The molecule has 1 amide bonds. The summed E-state index contributed by atoms with van der Waals surface area (Å²) < 4.78 is 3.89. The van der Waals surface area contributed by atoms with Gasteiger partial charge in [-0.15, -0.1) is 0 Å². The molecule has 4 atom stereocenters. The minimum Gasteiger partial charge on any atom is -0.391 e. The molecule has 1 N–H and O–H groups in total. The lowest BCUT2D eigenvalue weighted by Gasteiger charge is -2.35. The molecule has 0 radical (unpaired) electrons. The van der Waals surface area contributed by atoms with Crippen LogP contribution in [-0.2, 0) is 7.05 Å². The number of aliphatic hydroxyl groups excluding tert-OH is 1. The van der Waals surface area contributed by atoms with E-state index in [9.17, 15) is 9.90 Å². The van der Waals surface area contributed by atoms with Crippen molar-refractivity contribution < 1.29 is 9.90 Å². The molecule has 2 aromatic heterocycles. The van der Waals surface area contributed by atoms with Gasteiger partial charge in [0.05, 0.1) is 29.0 Å². The second-order valence-corrected chi connectivity index (χ2v) is 8.52. The number of nitrogens with zero attached hydrogens (tertiary/aromatic N) is 4. The number of carbonyl (C=O) groups excluding carboxylic acids is 1. The average Bonchev–Trinajstić information content (AvgIpc) is 3.39. The number of para-hydroxylation sites is 1. The van der Waals surface area contributed by atoms with Gasteiger partial charge in [-0.05, 0) is 36.8 Å². The van der Waals surface area contributed by atoms with Crippen molar-refractivity contribution >= 4 is 28.4 Å². The van der Waals surface area contributed by atoms with Gasteiger partial charge in [0, 0.05) is 37.9 Å². The highest BCUT2D eigenvalue weighted by atomic mass is 35.5. The number of hydrogen-bond acceptors (Lipinski definition) is 3. The quantitative estimate of drug-likeness (QED) is 0.721. The van der Waals surface area contributed by atoms with Crippen LogP contribution < -0.4 is 0 Å². The zero-order valence-corrected chi connectivity index (χ0v) is 16.5. The van der Waals surface area contributed by atoms with Crippen LogP contribution in [0.3, 0.4) is 0 Å². The van der Waals surface area contributed by atoms with Crippen LogP contribution in [0.2, 0.25) is 5.02 Å². The largest absolute Gasteiger partial charge is 0.391 e. The number of aromatic nitrogens is 3. The molecule has 28 heavy (non-hydrogen) atoms. The average molecular weight is 399 g/mol. The van der Waals surface area contributed by atoms with Crippen molar-refractivity contribution in [3.05, 3.63) is 53.7 Å². The van der Waals surface area contributed by atoms with Crippen LogP contribution in [0.4, 0.5) is 0 Å². The maximum absolute atomic E-state index is 13.3. The van der Waals surface area contributed by atoms with Crippen LogP contribution in [0.25, 0.3) is 10.9 Å². The minimum atomic E-state index is -0.401. The molecule has 0 unspecified atom stereocenters. The van der Waals surface area contributed by atoms with Crippen molar-refractivity contribution in [1.82, 2.24) is 19.0 Å². The monoisotopic (exact) mass is 398 g/mol. The first-order valence-corrected chi connectivity index (χ1v) is 10.1. The Bertz CT molecular complexity index is 1030. The standard InChI is InChI=1S/C21H23ClN4O2/c1-24-18(7-13-3-2-4-16(22)20(13)24)21(28)26-10-14-8-17(25-6-5-23-12-25)19(27)9-15(14)11-26/h2-7,12,14-15,17,19,27H,8-11H2,1H3/t14-,15+,17-,19-/m1/s1. The Labute approximate surface area is 168 Å². The summed E-state index contributed by atoms with van der Waals surface area (Å²) in [5, 5.41) is 12.3. The zero-order valence-electron chi connectivity index (χ0n) is 15.7. The molecule has 2 fully saturated rings. The van der Waals surface area contributed by atoms with Crippen LogP contribution in [-0.4, -0.2) is 49.2 Å². The summed E-state index contributed by atoms with van der Waals surface area (Å²) in [6.45, 7) is 1.43. The van der Waals surface area contributed by atoms with Crippen molar-refractivity contribution in [2.24, 2.45) is 18.9 Å². The summed E-state index contributed by atoms with van der Waals surface area (Å²) in [5.41, 5.74) is 1.55. The fraction of sp³-hybridized carbons (Fsp3) is 0.429. The number of likely N-dealkylation sites (tertiary alicyclic amines) is 1. The van der Waals surface area contributed by atoms with Gasteiger partial charge < -0.3 is 19.1 Å². The first kappa shape index (κ1) is 17.8. The van der Waals surface area contributed by atoms with Crippen LogP contribution in [0.15, 0.2) is 43.0 Å². The molecule has 0 bridgehead atoms. The van der Waals surface area contributed by atoms with Crippen molar-refractivity contribution in [3.8, 4) is 0 Å². The molecule has 5 rings (SSSR count). The van der Waals surface area contributed by atoms with Crippen LogP contribution in [0.1, 0.15) is 29.4 Å². The Morgan fingerprint density at radius 3 is 2.75 bits per heavy atom. The number of amides is 1. The van der Waals surface area contributed by atoms with E-state index >= 15 is 0 Å². The molecule has 1 saturated heterocycles. The molecule has 3 aromatic rings. The van der Waals surface area contributed by atoms with Gasteiger partial charge in [-0.1, -0.05) is 23.7 Å². The summed E-state index contributed by atoms with van der Waals surface area (Å²) in [7, 11) is 1.89. The van der Waals surface area contributed by atoms with Gasteiger partial charge in [0.15, 0.2) is 0 Å². The molecule has 1 aliphatic heterocycles. The predicted molar refractivity (Wildman–Crippen MR) is 107 cm³/mol. The molecule has 7 heteroatoms. The van der Waals surface area contributed by atoms with Crippen LogP contribution in [0.5, 0.6) is 0 Å². The minimum absolute atomic E-state index is 0.0373. The van der Waals surface area contributed by atoms with Crippen molar-refractivity contribution in [2.75, 3.05) is 13.1 Å². The van der Waals surface area contributed by atoms with E-state index in [1.807, 2.05) is 51.5 Å². The third kappa shape index (κ3) is 2.74. The fourth-order valence-corrected chi connectivity index (χ4v) is 5.40. The lowest BCUT2D eigenvalue weighted by atomic mass is 9.77. The zero-order chi connectivity index (χ0) is 19.4. The summed E-state index contributed by atoms with van der Waals surface area (Å²) in [6, 6.07) is 7.69. The highest BCUT2D eigenvalue weighted by molar-refractivity contribution is 6.35. The van der Waals surface area contributed by atoms with E-state index in [1.54, 1.807) is 12.5 Å². The van der Waals surface area contributed by atoms with E-state index in [4.69, 9.17) is 11.6 Å². The van der Waals surface area contributed by atoms with Gasteiger partial charge in [-0.2, -0.15) is 0 Å². The van der Waals surface area contributed by atoms with Gasteiger partial charge >= 0.3 is 0 Å². The summed E-state index contributed by atoms with van der Waals surface area (Å²) in [6.07, 6.45) is 6.61. The van der Waals surface area contributed by atoms with Gasteiger partial charge in [0.25, 0.3) is 5.91 Å². The lowest BCUT2D eigenvalue weighted by molar-refractivity contribution is 0.0357. The Balaban J connectivity index is 1.38. The van der Waals surface area contributed by atoms with E-state index in [0.29, 0.717) is 29.1 Å². The topological polar surface area (TPSA) is 63.3 Å². The molecule has 0 spiro atoms. The Morgan fingerprint density at radius 1 is 1.25 bits per heavy atom. The maximum Gasteiger partial charge on any atom is 0.270 e. The molecule has 1 aromatic carbocycles. The molecule has 1 saturated carbocycles. The Morgan fingerprint density at radius 2 is 2.04 bits per heavy atom. The first-order chi connectivity index (χ1) is 13.5. The third-order valence-corrected chi connectivity index (χ3v) is 6.84. The molecular weight excluding hydrogens is 376 g/mol. The fourth-order valence-electron chi connectivity index (χ4n) is 5.09. The highest BCUT2D eigenvalue weighted by Crippen LogP contribution is 2.41. The number of rotatable bonds is 2. The van der Waals surface area contributed by atoms with E-state index in [-0.39, 0.29) is 11.9 Å². The summed E-state index contributed by atoms with van der Waals surface area (Å²) in [5.74, 6) is 0.785. The lowest BCUT2D eigenvalue weighted by Crippen LogP contribution is -2.35. The molecule has 1 aliphatic carbocycles. The number of halogens is 1.